The minimum absolute atomic E-state index is 0.154. The van der Waals surface area contributed by atoms with Crippen LogP contribution in [0, 0.1) is 0 Å². The second-order valence-electron chi connectivity index (χ2n) is 7.01. The summed E-state index contributed by atoms with van der Waals surface area (Å²) in [5.74, 6) is -1.97. The number of benzene rings is 2. The molecule has 1 N–H and O–H groups in total. The van der Waals surface area contributed by atoms with E-state index in [-0.39, 0.29) is 11.7 Å². The maximum Gasteiger partial charge on any atom is 0.339 e. The number of carbonyl (C=O) groups excluding carboxylic acids is 4. The Morgan fingerprint density at radius 3 is 2.30 bits per heavy atom. The van der Waals surface area contributed by atoms with E-state index >= 15 is 0 Å². The summed E-state index contributed by atoms with van der Waals surface area (Å²) in [4.78, 5) is 50.9. The lowest BCUT2D eigenvalue weighted by atomic mass is 10.1. The number of aryl methyl sites for hydroxylation is 1. The summed E-state index contributed by atoms with van der Waals surface area (Å²) in [6.07, 6.45) is 1.49. The Balaban J connectivity index is 1.58. The number of ether oxygens (including phenoxy) is 1. The maximum absolute atomic E-state index is 12.6. The first-order chi connectivity index (χ1) is 14.4. The van der Waals surface area contributed by atoms with Crippen LogP contribution in [0.2, 0.25) is 0 Å². The molecule has 8 heteroatoms. The molecule has 1 saturated heterocycles. The van der Waals surface area contributed by atoms with Crippen LogP contribution in [0.3, 0.4) is 0 Å². The van der Waals surface area contributed by atoms with Crippen molar-refractivity contribution >= 4 is 29.4 Å². The molecule has 1 aliphatic heterocycles. The SMILES string of the molecule is COc1ccc(N2C(=O)C(=O)N(CC(=O)N[C@H](C)CCc3ccccc3)C2=O)cc1. The third-order valence-electron chi connectivity index (χ3n) is 4.80. The van der Waals surface area contributed by atoms with Gasteiger partial charge in [0.2, 0.25) is 5.91 Å². The molecule has 0 radical (unpaired) electrons. The molecule has 0 aromatic heterocycles. The molecule has 0 spiro atoms. The average Bonchev–Trinajstić information content (AvgIpc) is 2.96. The molecule has 1 heterocycles. The number of hydrogen-bond donors (Lipinski definition) is 1. The van der Waals surface area contributed by atoms with E-state index in [1.165, 1.54) is 19.2 Å². The van der Waals surface area contributed by atoms with Crippen molar-refractivity contribution in [1.29, 1.82) is 0 Å². The zero-order valence-corrected chi connectivity index (χ0v) is 16.8. The normalized spacial score (nSPS) is 14.8. The predicted octanol–water partition coefficient (Wildman–Crippen LogP) is 2.13. The van der Waals surface area contributed by atoms with Gasteiger partial charge in [-0.25, -0.2) is 14.6 Å². The molecule has 0 bridgehead atoms. The van der Waals surface area contributed by atoms with E-state index in [4.69, 9.17) is 4.74 Å². The van der Waals surface area contributed by atoms with Crippen LogP contribution in [0.15, 0.2) is 54.6 Å². The summed E-state index contributed by atoms with van der Waals surface area (Å²) in [7, 11) is 1.49. The molecule has 3 rings (SSSR count). The van der Waals surface area contributed by atoms with E-state index in [9.17, 15) is 19.2 Å². The highest BCUT2D eigenvalue weighted by Crippen LogP contribution is 2.24. The number of methoxy groups -OCH3 is 1. The lowest BCUT2D eigenvalue weighted by Crippen LogP contribution is -2.44. The minimum atomic E-state index is -1.03. The topological polar surface area (TPSA) is 96.0 Å². The monoisotopic (exact) mass is 409 g/mol. The van der Waals surface area contributed by atoms with Crippen LogP contribution >= 0.6 is 0 Å². The Labute approximate surface area is 174 Å². The fourth-order valence-electron chi connectivity index (χ4n) is 3.17. The third-order valence-corrected chi connectivity index (χ3v) is 4.80. The van der Waals surface area contributed by atoms with Gasteiger partial charge in [0.1, 0.15) is 12.3 Å². The smallest absolute Gasteiger partial charge is 0.339 e. The lowest BCUT2D eigenvalue weighted by Gasteiger charge is -2.18. The van der Waals surface area contributed by atoms with E-state index < -0.39 is 30.3 Å². The van der Waals surface area contributed by atoms with Crippen molar-refractivity contribution in [2.75, 3.05) is 18.6 Å². The number of anilines is 1. The highest BCUT2D eigenvalue weighted by atomic mass is 16.5. The second kappa shape index (κ2) is 9.21. The molecule has 0 aliphatic carbocycles. The van der Waals surface area contributed by atoms with Crippen LogP contribution in [0.4, 0.5) is 10.5 Å². The molecule has 5 amide bonds. The van der Waals surface area contributed by atoms with Gasteiger partial charge in [0.25, 0.3) is 0 Å². The Bertz CT molecular complexity index is 943. The van der Waals surface area contributed by atoms with Crippen LogP contribution in [0.1, 0.15) is 18.9 Å². The zero-order valence-electron chi connectivity index (χ0n) is 16.8. The molecule has 8 nitrogen and oxygen atoms in total. The molecule has 0 unspecified atom stereocenters. The Morgan fingerprint density at radius 2 is 1.67 bits per heavy atom. The van der Waals surface area contributed by atoms with Crippen LogP contribution in [-0.4, -0.2) is 48.3 Å². The number of amides is 5. The quantitative estimate of drug-likeness (QED) is 0.532. The van der Waals surface area contributed by atoms with Gasteiger partial charge < -0.3 is 10.1 Å². The first-order valence-corrected chi connectivity index (χ1v) is 9.58. The standard InChI is InChI=1S/C22H23N3O5/c1-15(8-9-16-6-4-3-5-7-16)23-19(26)14-24-20(27)21(28)25(22(24)29)17-10-12-18(30-2)13-11-17/h3-7,10-13,15H,8-9,14H2,1-2H3,(H,23,26)/t15-/m1/s1. The fraction of sp³-hybridized carbons (Fsp3) is 0.273. The Hall–Kier alpha value is -3.68. The Morgan fingerprint density at radius 1 is 1.00 bits per heavy atom. The first-order valence-electron chi connectivity index (χ1n) is 9.58. The van der Waals surface area contributed by atoms with Crippen molar-refractivity contribution in [1.82, 2.24) is 10.2 Å². The van der Waals surface area contributed by atoms with Gasteiger partial charge >= 0.3 is 17.8 Å². The number of carbonyl (C=O) groups is 4. The Kier molecular flexibility index (Phi) is 6.46. The van der Waals surface area contributed by atoms with E-state index in [0.29, 0.717) is 17.1 Å². The van der Waals surface area contributed by atoms with Crippen LogP contribution in [0.25, 0.3) is 0 Å². The van der Waals surface area contributed by atoms with Gasteiger partial charge in [-0.15, -0.1) is 0 Å². The molecular weight excluding hydrogens is 386 g/mol. The van der Waals surface area contributed by atoms with Crippen LogP contribution in [0.5, 0.6) is 5.75 Å². The van der Waals surface area contributed by atoms with E-state index in [2.05, 4.69) is 5.32 Å². The van der Waals surface area contributed by atoms with Crippen molar-refractivity contribution in [3.05, 3.63) is 60.2 Å². The van der Waals surface area contributed by atoms with Crippen molar-refractivity contribution in [3.8, 4) is 5.75 Å². The van der Waals surface area contributed by atoms with Gasteiger partial charge in [0.05, 0.1) is 12.8 Å². The molecule has 156 valence electrons. The summed E-state index contributed by atoms with van der Waals surface area (Å²) in [6, 6.07) is 15.0. The number of nitrogens with one attached hydrogen (secondary N) is 1. The number of rotatable bonds is 8. The van der Waals surface area contributed by atoms with Gasteiger partial charge in [-0.1, -0.05) is 30.3 Å². The highest BCUT2D eigenvalue weighted by Gasteiger charge is 2.46. The van der Waals surface area contributed by atoms with Crippen LogP contribution < -0.4 is 15.0 Å². The highest BCUT2D eigenvalue weighted by molar-refractivity contribution is 6.53. The fourth-order valence-corrected chi connectivity index (χ4v) is 3.17. The van der Waals surface area contributed by atoms with Gasteiger partial charge in [-0.3, -0.25) is 14.4 Å². The molecule has 1 fully saturated rings. The maximum atomic E-state index is 12.6. The summed E-state index contributed by atoms with van der Waals surface area (Å²) >= 11 is 0. The molecule has 30 heavy (non-hydrogen) atoms. The van der Waals surface area contributed by atoms with Gasteiger partial charge in [-0.05, 0) is 49.6 Å². The van der Waals surface area contributed by atoms with Gasteiger partial charge in [0, 0.05) is 6.04 Å². The molecule has 2 aromatic carbocycles. The second-order valence-corrected chi connectivity index (χ2v) is 7.01. The van der Waals surface area contributed by atoms with Crippen molar-refractivity contribution in [3.63, 3.8) is 0 Å². The number of nitrogens with zero attached hydrogens (tertiary/aromatic N) is 2. The zero-order chi connectivity index (χ0) is 21.7. The molecular formula is C22H23N3O5. The van der Waals surface area contributed by atoms with E-state index in [1.54, 1.807) is 12.1 Å². The van der Waals surface area contributed by atoms with Crippen molar-refractivity contribution < 1.29 is 23.9 Å². The summed E-state index contributed by atoms with van der Waals surface area (Å²) < 4.78 is 5.05. The average molecular weight is 409 g/mol. The minimum Gasteiger partial charge on any atom is -0.497 e. The molecule has 1 atom stereocenters. The van der Waals surface area contributed by atoms with E-state index in [0.717, 1.165) is 16.9 Å². The first kappa shape index (κ1) is 21.0. The number of urea groups is 1. The van der Waals surface area contributed by atoms with Gasteiger partial charge in [-0.2, -0.15) is 0 Å². The van der Waals surface area contributed by atoms with E-state index in [1.807, 2.05) is 37.3 Å². The third kappa shape index (κ3) is 4.65. The van der Waals surface area contributed by atoms with Gasteiger partial charge in [0.15, 0.2) is 0 Å². The van der Waals surface area contributed by atoms with Crippen molar-refractivity contribution in [2.45, 2.75) is 25.8 Å². The molecule has 0 saturated carbocycles. The predicted molar refractivity (Wildman–Crippen MR) is 110 cm³/mol. The largest absolute Gasteiger partial charge is 0.497 e. The summed E-state index contributed by atoms with van der Waals surface area (Å²) in [5, 5.41) is 2.77. The summed E-state index contributed by atoms with van der Waals surface area (Å²) in [6.45, 7) is 1.34. The lowest BCUT2D eigenvalue weighted by molar-refractivity contribution is -0.140. The molecule has 1 aliphatic rings. The number of imide groups is 2. The van der Waals surface area contributed by atoms with Crippen molar-refractivity contribution in [2.24, 2.45) is 0 Å². The summed E-state index contributed by atoms with van der Waals surface area (Å²) in [5.41, 5.74) is 1.39. The van der Waals surface area contributed by atoms with Crippen LogP contribution in [-0.2, 0) is 20.8 Å². The molecule has 2 aromatic rings. The number of hydrogen-bond acceptors (Lipinski definition) is 5.